The molecule has 1 N–H and O–H groups in total. The number of β-amino-alcohol motifs (C(OH)–C–C–N with tert-alkyl or cyclic N) is 1. The van der Waals surface area contributed by atoms with E-state index in [1.54, 1.807) is 135 Å². The van der Waals surface area contributed by atoms with Crippen LogP contribution < -0.4 is 18.9 Å². The number of likely N-dealkylation sites (tertiary alicyclic amines) is 1. The Kier molecular flexibility index (Phi) is 27.7. The molecule has 7 heterocycles. The molecular formula is C90H87F6N13O10. The molecule has 1 aliphatic rings. The van der Waals surface area contributed by atoms with Crippen LogP contribution in [0.25, 0.3) is 114 Å². The first-order chi connectivity index (χ1) is 57.3. The molecular weight excluding hydrogens is 1540 g/mol. The lowest BCUT2D eigenvalue weighted by atomic mass is 9.97. The van der Waals surface area contributed by atoms with E-state index in [0.29, 0.717) is 120 Å². The summed E-state index contributed by atoms with van der Waals surface area (Å²) in [5.74, 6) is 5.25. The lowest BCUT2D eigenvalue weighted by Crippen LogP contribution is -2.42. The summed E-state index contributed by atoms with van der Waals surface area (Å²) in [5.41, 5.74) is 10.2. The number of aliphatic hydroxyl groups is 1. The average molecular weight is 1620 g/mol. The van der Waals surface area contributed by atoms with E-state index < -0.39 is 29.6 Å². The van der Waals surface area contributed by atoms with E-state index in [9.17, 15) is 36.2 Å². The largest absolute Gasteiger partial charge is 0.490 e. The van der Waals surface area contributed by atoms with E-state index >= 15 is 0 Å². The Morgan fingerprint density at radius 1 is 0.445 bits per heavy atom. The number of carbonyl (C=O) groups is 1. The van der Waals surface area contributed by atoms with Crippen LogP contribution >= 0.6 is 0 Å². The van der Waals surface area contributed by atoms with Gasteiger partial charge in [0.15, 0.2) is 23.0 Å². The molecule has 29 heteroatoms. The van der Waals surface area contributed by atoms with Gasteiger partial charge in [0, 0.05) is 103 Å². The molecule has 1 fully saturated rings. The van der Waals surface area contributed by atoms with E-state index in [4.69, 9.17) is 37.0 Å². The zero-order valence-electron chi connectivity index (χ0n) is 67.2. The van der Waals surface area contributed by atoms with E-state index in [1.807, 2.05) is 101 Å². The number of rotatable bonds is 23. The molecule has 8 aromatic carbocycles. The molecule has 0 radical (unpaired) electrons. The number of carbonyl (C=O) groups excluding carboxylic acids is 1. The van der Waals surface area contributed by atoms with Gasteiger partial charge in [-0.2, -0.15) is 46.3 Å². The molecule has 0 aliphatic carbocycles. The predicted octanol–water partition coefficient (Wildman–Crippen LogP) is 19.4. The Balaban J connectivity index is 0.000000147. The summed E-state index contributed by atoms with van der Waals surface area (Å²) in [4.78, 5) is 43.9. The van der Waals surface area contributed by atoms with Crippen molar-refractivity contribution in [2.75, 3.05) is 61.2 Å². The van der Waals surface area contributed by atoms with Crippen LogP contribution in [0.3, 0.4) is 0 Å². The maximum absolute atomic E-state index is 13.7. The maximum atomic E-state index is 13.7. The van der Waals surface area contributed by atoms with E-state index in [-0.39, 0.29) is 51.8 Å². The van der Waals surface area contributed by atoms with Crippen molar-refractivity contribution < 1.29 is 73.3 Å². The van der Waals surface area contributed by atoms with Crippen molar-refractivity contribution in [1.29, 1.82) is 0 Å². The zero-order valence-corrected chi connectivity index (χ0v) is 67.2. The van der Waals surface area contributed by atoms with Gasteiger partial charge in [0.25, 0.3) is 23.6 Å². The number of aromatic nitrogens is 10. The van der Waals surface area contributed by atoms with Gasteiger partial charge in [-0.05, 0) is 204 Å². The van der Waals surface area contributed by atoms with Crippen LogP contribution in [-0.2, 0) is 30.2 Å². The number of aryl methyl sites for hydroxylation is 3. The fraction of sp³-hybridized carbons (Fsp3) is 0.256. The highest BCUT2D eigenvalue weighted by Gasteiger charge is 2.38. The van der Waals surface area contributed by atoms with E-state index in [2.05, 4.69) is 94.6 Å². The zero-order chi connectivity index (χ0) is 84.5. The fourth-order valence-electron chi connectivity index (χ4n) is 13.2. The van der Waals surface area contributed by atoms with E-state index in [1.165, 1.54) is 23.3 Å². The number of amides is 1. The molecule has 0 bridgehead atoms. The van der Waals surface area contributed by atoms with Gasteiger partial charge < -0.3 is 51.9 Å². The highest BCUT2D eigenvalue weighted by atomic mass is 19.4. The molecule has 1 aliphatic heterocycles. The Bertz CT molecular complexity index is 5720. The molecule has 0 spiro atoms. The van der Waals surface area contributed by atoms with Gasteiger partial charge in [-0.1, -0.05) is 124 Å². The molecule has 1 amide bonds. The van der Waals surface area contributed by atoms with Crippen LogP contribution in [-0.4, -0.2) is 150 Å². The number of benzene rings is 8. The van der Waals surface area contributed by atoms with Gasteiger partial charge in [-0.15, -0.1) is 0 Å². The highest BCUT2D eigenvalue weighted by molar-refractivity contribution is 5.82. The second-order valence-corrected chi connectivity index (χ2v) is 28.0. The molecule has 2 atom stereocenters. The molecule has 1 saturated heterocycles. The van der Waals surface area contributed by atoms with Gasteiger partial charge in [-0.25, -0.2) is 0 Å². The lowest BCUT2D eigenvalue weighted by molar-refractivity contribution is -0.137. The number of halogens is 6. The number of ether oxygens (including phenoxy) is 4. The third kappa shape index (κ3) is 21.3. The van der Waals surface area contributed by atoms with Gasteiger partial charge in [-0.3, -0.25) is 19.7 Å². The van der Waals surface area contributed by atoms with Crippen molar-refractivity contribution in [2.24, 2.45) is 0 Å². The number of likely N-dealkylation sites (N-methyl/N-ethyl adjacent to an activating group) is 1. The summed E-state index contributed by atoms with van der Waals surface area (Å²) in [5, 5.41) is 26.3. The molecule has 0 saturated carbocycles. The first-order valence-electron chi connectivity index (χ1n) is 38.3. The van der Waals surface area contributed by atoms with Gasteiger partial charge >= 0.3 is 12.4 Å². The normalized spacial score (nSPS) is 13.3. The monoisotopic (exact) mass is 1620 g/mol. The van der Waals surface area contributed by atoms with Crippen molar-refractivity contribution in [1.82, 2.24) is 65.2 Å². The molecule has 15 rings (SSSR count). The molecule has 119 heavy (non-hydrogen) atoms. The van der Waals surface area contributed by atoms with Crippen LogP contribution in [0.1, 0.15) is 73.1 Å². The molecule has 614 valence electrons. The molecule has 23 nitrogen and oxygen atoms in total. The Morgan fingerprint density at radius 3 is 1.33 bits per heavy atom. The average Bonchev–Trinajstić information content (AvgIpc) is 1.64. The minimum absolute atomic E-state index is 0.0148. The first-order valence-corrected chi connectivity index (χ1v) is 38.3. The summed E-state index contributed by atoms with van der Waals surface area (Å²) in [6, 6.07) is 53.1. The summed E-state index contributed by atoms with van der Waals surface area (Å²) >= 11 is 0. The number of hydrogen-bond donors (Lipinski definition) is 1. The Morgan fingerprint density at radius 2 is 0.874 bits per heavy atom. The standard InChI is InChI=1S/C27H34N4O5.C22H27N3O3.C21H14F3N3O.C20H12F3N3O/c1-6-34-23-11-9-19(13-24(23)35-7-2)26-28-25(29-36-26)21-10-8-18(12-17(21)3)15-31-16-20(32)14-22(31)27(33)30(4)5;1-6-26-19-11-10-17(13-20(19)27-7-2)22-23-21(24-28-22)16-8-9-18(14-25(4)5)15(3)12-16;1-13-12-25-10-9-16(13)19-26-20(28-27-19)15-7-8-17(14-5-3-2-4-6-14)18(11-15)21(22,23)24;21-20(22,23)17-12-15(6-7-16(17)13-4-2-1-3-5-13)19-25-18(26-27-19)14-8-10-24-11-9-14/h8-13,20,22,32H,6-7,14-16H2,1-5H3;8-13H,6-7,14H2,1-5H3;2-12H,1H3;1-12H/t20-,22+;;;/m1.../s1. The first kappa shape index (κ1) is 85.1. The molecule has 0 unspecified atom stereocenters. The Hall–Kier alpha value is -13.3. The second-order valence-electron chi connectivity index (χ2n) is 28.0. The number of nitrogens with zero attached hydrogens (tertiary/aromatic N) is 13. The summed E-state index contributed by atoms with van der Waals surface area (Å²) < 4.78 is 126. The molecule has 6 aromatic heterocycles. The van der Waals surface area contributed by atoms with Crippen molar-refractivity contribution in [3.05, 3.63) is 252 Å². The second kappa shape index (κ2) is 38.7. The van der Waals surface area contributed by atoms with Crippen molar-refractivity contribution in [3.8, 4) is 137 Å². The predicted molar refractivity (Wildman–Crippen MR) is 437 cm³/mol. The third-order valence-electron chi connectivity index (χ3n) is 18.9. The highest BCUT2D eigenvalue weighted by Crippen LogP contribution is 2.43. The number of alkyl halides is 6. The minimum Gasteiger partial charge on any atom is -0.490 e. The summed E-state index contributed by atoms with van der Waals surface area (Å²) in [6.45, 7) is 17.8. The number of hydrogen-bond acceptors (Lipinski definition) is 22. The maximum Gasteiger partial charge on any atom is 0.417 e. The smallest absolute Gasteiger partial charge is 0.417 e. The molecule has 14 aromatic rings. The van der Waals surface area contributed by atoms with Gasteiger partial charge in [0.05, 0.1) is 49.7 Å². The number of aliphatic hydroxyl groups excluding tert-OH is 1. The van der Waals surface area contributed by atoms with Crippen LogP contribution in [0, 0.1) is 20.8 Å². The van der Waals surface area contributed by atoms with Gasteiger partial charge in [0.1, 0.15) is 0 Å². The summed E-state index contributed by atoms with van der Waals surface area (Å²) in [6.07, 6.45) is -2.69. The van der Waals surface area contributed by atoms with Crippen LogP contribution in [0.5, 0.6) is 23.0 Å². The minimum atomic E-state index is -4.52. The van der Waals surface area contributed by atoms with Crippen molar-refractivity contribution in [2.45, 2.75) is 92.5 Å². The number of pyridine rings is 2. The quantitative estimate of drug-likeness (QED) is 0.0583. The SMILES string of the molecule is CCOc1ccc(-c2nc(-c3ccc(CN(C)C)c(C)c3)no2)cc1OCC.CCOc1ccc(-c2nc(-c3ccc(CN4C[C@H](O)C[C@H]4C(=O)N(C)C)cc3C)no2)cc1OCC.Cc1cnccc1-c1noc(-c2ccc(-c3ccccc3)c(C(F)(F)F)c2)n1.FC(F)(F)c1cc(-c2nc(-c3ccncc3)no2)ccc1-c1ccccc1. The van der Waals surface area contributed by atoms with Gasteiger partial charge in [0.2, 0.25) is 29.2 Å². The topological polar surface area (TPSA) is 265 Å². The van der Waals surface area contributed by atoms with Crippen LogP contribution in [0.2, 0.25) is 0 Å². The summed E-state index contributed by atoms with van der Waals surface area (Å²) in [7, 11) is 7.61. The van der Waals surface area contributed by atoms with Crippen LogP contribution in [0.4, 0.5) is 26.3 Å². The van der Waals surface area contributed by atoms with Crippen LogP contribution in [0.15, 0.2) is 231 Å². The van der Waals surface area contributed by atoms with E-state index in [0.717, 1.165) is 57.6 Å². The lowest BCUT2D eigenvalue weighted by Gasteiger charge is -2.26. The van der Waals surface area contributed by atoms with Crippen molar-refractivity contribution in [3.63, 3.8) is 0 Å². The fourth-order valence-corrected chi connectivity index (χ4v) is 13.2. The van der Waals surface area contributed by atoms with Crippen molar-refractivity contribution >= 4 is 5.91 Å². The Labute approximate surface area is 683 Å². The third-order valence-corrected chi connectivity index (χ3v) is 18.9.